The van der Waals surface area contributed by atoms with Crippen LogP contribution >= 0.6 is 0 Å². The van der Waals surface area contributed by atoms with Crippen LogP contribution in [-0.2, 0) is 0 Å². The highest BCUT2D eigenvalue weighted by molar-refractivity contribution is 5.48. The maximum absolute atomic E-state index is 4.85. The summed E-state index contributed by atoms with van der Waals surface area (Å²) in [5, 5.41) is 4.62. The minimum atomic E-state index is 0.451. The zero-order chi connectivity index (χ0) is 16.7. The molecule has 24 heavy (non-hydrogen) atoms. The van der Waals surface area contributed by atoms with Gasteiger partial charge in [-0.2, -0.15) is 10.1 Å². The second-order valence-electron chi connectivity index (χ2n) is 7.15. The maximum atomic E-state index is 4.85. The Morgan fingerprint density at radius 3 is 2.29 bits per heavy atom. The number of hydrogen-bond acceptors (Lipinski definition) is 5. The summed E-state index contributed by atoms with van der Waals surface area (Å²) in [6.07, 6.45) is 3.82. The standard InChI is InChI=1S/C18H26N6/c1-13-10-17(20-18(19-13)22-7-5-4-6-8-22)23-11-16(12-23)24-15(3)9-14(2)21-24/h9-10,16H,4-8,11-12H2,1-3H3. The molecule has 0 aliphatic carbocycles. The Kier molecular flexibility index (Phi) is 3.90. The van der Waals surface area contributed by atoms with Crippen LogP contribution in [0, 0.1) is 20.8 Å². The van der Waals surface area contributed by atoms with Crippen molar-refractivity contribution in [1.82, 2.24) is 19.7 Å². The minimum absolute atomic E-state index is 0.451. The highest BCUT2D eigenvalue weighted by atomic mass is 15.4. The Balaban J connectivity index is 1.49. The molecule has 6 nitrogen and oxygen atoms in total. The van der Waals surface area contributed by atoms with Gasteiger partial charge >= 0.3 is 0 Å². The van der Waals surface area contributed by atoms with Crippen LogP contribution in [0.4, 0.5) is 11.8 Å². The number of nitrogens with zero attached hydrogens (tertiary/aromatic N) is 6. The molecule has 6 heteroatoms. The Hall–Kier alpha value is -2.11. The van der Waals surface area contributed by atoms with Gasteiger partial charge in [0.25, 0.3) is 0 Å². The fourth-order valence-electron chi connectivity index (χ4n) is 3.75. The van der Waals surface area contributed by atoms with E-state index in [0.29, 0.717) is 6.04 Å². The maximum Gasteiger partial charge on any atom is 0.227 e. The van der Waals surface area contributed by atoms with Crippen LogP contribution in [0.3, 0.4) is 0 Å². The van der Waals surface area contributed by atoms with Crippen LogP contribution in [-0.4, -0.2) is 45.9 Å². The van der Waals surface area contributed by atoms with Crippen molar-refractivity contribution in [3.05, 3.63) is 29.2 Å². The number of piperidine rings is 1. The van der Waals surface area contributed by atoms with Crippen molar-refractivity contribution in [3.63, 3.8) is 0 Å². The Bertz CT molecular complexity index is 725. The van der Waals surface area contributed by atoms with Crippen molar-refractivity contribution >= 4 is 11.8 Å². The molecule has 4 heterocycles. The largest absolute Gasteiger partial charge is 0.352 e. The molecule has 0 atom stereocenters. The van der Waals surface area contributed by atoms with Gasteiger partial charge in [-0.15, -0.1) is 0 Å². The van der Waals surface area contributed by atoms with Gasteiger partial charge in [0.15, 0.2) is 0 Å². The molecule has 2 aliphatic heterocycles. The van der Waals surface area contributed by atoms with E-state index < -0.39 is 0 Å². The smallest absolute Gasteiger partial charge is 0.227 e. The monoisotopic (exact) mass is 326 g/mol. The average Bonchev–Trinajstić information content (AvgIpc) is 2.85. The predicted molar refractivity (Wildman–Crippen MR) is 95.8 cm³/mol. The van der Waals surface area contributed by atoms with E-state index in [4.69, 9.17) is 4.98 Å². The van der Waals surface area contributed by atoms with Crippen molar-refractivity contribution in [2.75, 3.05) is 36.0 Å². The average molecular weight is 326 g/mol. The Morgan fingerprint density at radius 2 is 1.62 bits per heavy atom. The van der Waals surface area contributed by atoms with Crippen LogP contribution in [0.15, 0.2) is 12.1 Å². The summed E-state index contributed by atoms with van der Waals surface area (Å²) in [5.41, 5.74) is 3.39. The molecule has 0 amide bonds. The van der Waals surface area contributed by atoms with Crippen LogP contribution in [0.25, 0.3) is 0 Å². The Labute approximate surface area is 143 Å². The molecule has 0 bridgehead atoms. The predicted octanol–water partition coefficient (Wildman–Crippen LogP) is 2.65. The first-order chi connectivity index (χ1) is 11.6. The first-order valence-corrected chi connectivity index (χ1v) is 8.98. The molecule has 2 fully saturated rings. The SMILES string of the molecule is Cc1cc(N2CC(n3nc(C)cc3C)C2)nc(N2CCCCC2)n1. The molecular weight excluding hydrogens is 300 g/mol. The number of anilines is 2. The lowest BCUT2D eigenvalue weighted by Gasteiger charge is -2.41. The lowest BCUT2D eigenvalue weighted by molar-refractivity contribution is 0.358. The van der Waals surface area contributed by atoms with Gasteiger partial charge in [-0.25, -0.2) is 4.98 Å². The topological polar surface area (TPSA) is 50.1 Å². The van der Waals surface area contributed by atoms with Crippen LogP contribution in [0.1, 0.15) is 42.4 Å². The van der Waals surface area contributed by atoms with Crippen molar-refractivity contribution < 1.29 is 0 Å². The van der Waals surface area contributed by atoms with E-state index in [2.05, 4.69) is 57.5 Å². The highest BCUT2D eigenvalue weighted by Gasteiger charge is 2.31. The van der Waals surface area contributed by atoms with Gasteiger partial charge in [0.1, 0.15) is 5.82 Å². The van der Waals surface area contributed by atoms with E-state index >= 15 is 0 Å². The van der Waals surface area contributed by atoms with E-state index in [0.717, 1.165) is 49.3 Å². The molecule has 128 valence electrons. The molecule has 0 N–H and O–H groups in total. The fourth-order valence-corrected chi connectivity index (χ4v) is 3.75. The van der Waals surface area contributed by atoms with Gasteiger partial charge in [-0.05, 0) is 46.1 Å². The van der Waals surface area contributed by atoms with Crippen molar-refractivity contribution in [2.45, 2.75) is 46.1 Å². The highest BCUT2D eigenvalue weighted by Crippen LogP contribution is 2.29. The lowest BCUT2D eigenvalue weighted by atomic mass is 10.1. The second kappa shape index (κ2) is 6.07. The molecule has 2 aromatic heterocycles. The summed E-state index contributed by atoms with van der Waals surface area (Å²) in [6.45, 7) is 10.4. The summed E-state index contributed by atoms with van der Waals surface area (Å²) in [6, 6.07) is 4.70. The third-order valence-corrected chi connectivity index (χ3v) is 5.04. The first-order valence-electron chi connectivity index (χ1n) is 8.98. The van der Waals surface area contributed by atoms with Crippen LogP contribution in [0.2, 0.25) is 0 Å². The quantitative estimate of drug-likeness (QED) is 0.868. The van der Waals surface area contributed by atoms with E-state index in [1.165, 1.54) is 25.0 Å². The zero-order valence-corrected chi connectivity index (χ0v) is 14.9. The molecule has 4 rings (SSSR count). The summed E-state index contributed by atoms with van der Waals surface area (Å²) in [7, 11) is 0. The van der Waals surface area contributed by atoms with Crippen molar-refractivity contribution in [2.24, 2.45) is 0 Å². The van der Waals surface area contributed by atoms with Gasteiger partial charge in [-0.1, -0.05) is 0 Å². The molecule has 0 saturated carbocycles. The van der Waals surface area contributed by atoms with E-state index in [1.54, 1.807) is 0 Å². The second-order valence-corrected chi connectivity index (χ2v) is 7.15. The van der Waals surface area contributed by atoms with Gasteiger partial charge in [0, 0.05) is 43.6 Å². The Morgan fingerprint density at radius 1 is 0.875 bits per heavy atom. The van der Waals surface area contributed by atoms with Crippen molar-refractivity contribution in [1.29, 1.82) is 0 Å². The summed E-state index contributed by atoms with van der Waals surface area (Å²) in [4.78, 5) is 14.2. The number of aromatic nitrogens is 4. The number of rotatable bonds is 3. The lowest BCUT2D eigenvalue weighted by Crippen LogP contribution is -2.49. The number of aryl methyl sites for hydroxylation is 3. The molecule has 0 aromatic carbocycles. The van der Waals surface area contributed by atoms with E-state index in [9.17, 15) is 0 Å². The number of hydrogen-bond donors (Lipinski definition) is 0. The fraction of sp³-hybridized carbons (Fsp3) is 0.611. The zero-order valence-electron chi connectivity index (χ0n) is 14.9. The molecule has 2 aliphatic rings. The van der Waals surface area contributed by atoms with Gasteiger partial charge in [0.2, 0.25) is 5.95 Å². The summed E-state index contributed by atoms with van der Waals surface area (Å²) in [5.74, 6) is 1.96. The molecular formula is C18H26N6. The van der Waals surface area contributed by atoms with Crippen LogP contribution in [0.5, 0.6) is 0 Å². The summed E-state index contributed by atoms with van der Waals surface area (Å²) >= 11 is 0. The third-order valence-electron chi connectivity index (χ3n) is 5.04. The normalized spacial score (nSPS) is 18.8. The molecule has 2 aromatic rings. The van der Waals surface area contributed by atoms with Gasteiger partial charge in [0.05, 0.1) is 11.7 Å². The third kappa shape index (κ3) is 2.85. The minimum Gasteiger partial charge on any atom is -0.352 e. The molecule has 0 unspecified atom stereocenters. The van der Waals surface area contributed by atoms with E-state index in [1.807, 2.05) is 0 Å². The first kappa shape index (κ1) is 15.4. The summed E-state index contributed by atoms with van der Waals surface area (Å²) < 4.78 is 2.16. The molecule has 0 spiro atoms. The van der Waals surface area contributed by atoms with Crippen molar-refractivity contribution in [3.8, 4) is 0 Å². The van der Waals surface area contributed by atoms with E-state index in [-0.39, 0.29) is 0 Å². The molecule has 2 saturated heterocycles. The molecule has 0 radical (unpaired) electrons. The van der Waals surface area contributed by atoms with Crippen LogP contribution < -0.4 is 9.80 Å². The van der Waals surface area contributed by atoms with Gasteiger partial charge in [-0.3, -0.25) is 4.68 Å². The van der Waals surface area contributed by atoms with Gasteiger partial charge < -0.3 is 9.80 Å².